The van der Waals surface area contributed by atoms with Crippen molar-refractivity contribution >= 4 is 44.2 Å². The van der Waals surface area contributed by atoms with Crippen molar-refractivity contribution in [2.75, 3.05) is 25.6 Å². The number of methoxy groups -OCH3 is 1. The lowest BCUT2D eigenvalue weighted by Crippen LogP contribution is -2.23. The lowest BCUT2D eigenvalue weighted by Gasteiger charge is -2.15. The van der Waals surface area contributed by atoms with Gasteiger partial charge in [-0.2, -0.15) is 0 Å². The molecule has 0 aliphatic carbocycles. The molecule has 16 heavy (non-hydrogen) atoms. The third-order valence-electron chi connectivity index (χ3n) is 1.95. The van der Waals surface area contributed by atoms with E-state index in [0.717, 1.165) is 19.5 Å². The fraction of sp³-hybridized carbons (Fsp3) is 0.400. The Hall–Kier alpha value is -0.0500. The standard InChI is InChI=1S/C10H13BrINO3/c1-16-10-8(12)2-6(11)3-9(10)13-4-7(15)5-14/h2-3,7,13-15H,4-5H2,1H3. The van der Waals surface area contributed by atoms with Crippen LogP contribution in [-0.4, -0.2) is 36.6 Å². The number of aliphatic hydroxyl groups excluding tert-OH is 2. The van der Waals surface area contributed by atoms with Crippen LogP contribution in [0, 0.1) is 3.57 Å². The van der Waals surface area contributed by atoms with Crippen molar-refractivity contribution in [1.82, 2.24) is 0 Å². The summed E-state index contributed by atoms with van der Waals surface area (Å²) in [5.74, 6) is 0.730. The number of ether oxygens (including phenoxy) is 1. The minimum atomic E-state index is -0.777. The first-order valence-electron chi connectivity index (χ1n) is 4.64. The van der Waals surface area contributed by atoms with Gasteiger partial charge in [0.15, 0.2) is 5.75 Å². The van der Waals surface area contributed by atoms with E-state index in [9.17, 15) is 5.11 Å². The summed E-state index contributed by atoms with van der Waals surface area (Å²) in [6, 6.07) is 3.80. The number of rotatable bonds is 5. The van der Waals surface area contributed by atoms with Crippen LogP contribution in [0.1, 0.15) is 0 Å². The summed E-state index contributed by atoms with van der Waals surface area (Å²) in [5, 5.41) is 21.0. The van der Waals surface area contributed by atoms with Crippen molar-refractivity contribution in [3.8, 4) is 5.75 Å². The van der Waals surface area contributed by atoms with Crippen LogP contribution in [0.25, 0.3) is 0 Å². The van der Waals surface area contributed by atoms with Crippen molar-refractivity contribution < 1.29 is 14.9 Å². The largest absolute Gasteiger partial charge is 0.493 e. The van der Waals surface area contributed by atoms with Gasteiger partial charge in [-0.1, -0.05) is 15.9 Å². The van der Waals surface area contributed by atoms with E-state index in [1.54, 1.807) is 7.11 Å². The van der Waals surface area contributed by atoms with Crippen molar-refractivity contribution in [2.45, 2.75) is 6.10 Å². The monoisotopic (exact) mass is 401 g/mol. The molecule has 1 rings (SSSR count). The number of benzene rings is 1. The van der Waals surface area contributed by atoms with Crippen molar-refractivity contribution in [1.29, 1.82) is 0 Å². The number of anilines is 1. The van der Waals surface area contributed by atoms with Crippen molar-refractivity contribution in [3.05, 3.63) is 20.2 Å². The van der Waals surface area contributed by atoms with E-state index < -0.39 is 6.10 Å². The van der Waals surface area contributed by atoms with Crippen LogP contribution >= 0.6 is 38.5 Å². The average molecular weight is 402 g/mol. The highest BCUT2D eigenvalue weighted by molar-refractivity contribution is 14.1. The fourth-order valence-electron chi connectivity index (χ4n) is 1.19. The van der Waals surface area contributed by atoms with Crippen LogP contribution in [0.15, 0.2) is 16.6 Å². The zero-order valence-electron chi connectivity index (χ0n) is 8.70. The van der Waals surface area contributed by atoms with Gasteiger partial charge in [-0.15, -0.1) is 0 Å². The van der Waals surface area contributed by atoms with Gasteiger partial charge >= 0.3 is 0 Å². The molecule has 0 aliphatic rings. The molecule has 0 radical (unpaired) electrons. The minimum Gasteiger partial charge on any atom is -0.493 e. The van der Waals surface area contributed by atoms with Gasteiger partial charge in [0.05, 0.1) is 29.1 Å². The van der Waals surface area contributed by atoms with Gasteiger partial charge < -0.3 is 20.3 Å². The Morgan fingerprint density at radius 1 is 1.56 bits per heavy atom. The highest BCUT2D eigenvalue weighted by atomic mass is 127. The number of hydrogen-bond acceptors (Lipinski definition) is 4. The Labute approximate surface area is 116 Å². The van der Waals surface area contributed by atoms with Crippen LogP contribution < -0.4 is 10.1 Å². The summed E-state index contributed by atoms with van der Waals surface area (Å²) >= 11 is 5.56. The average Bonchev–Trinajstić information content (AvgIpc) is 2.25. The smallest absolute Gasteiger partial charge is 0.155 e. The van der Waals surface area contributed by atoms with E-state index in [4.69, 9.17) is 9.84 Å². The summed E-state index contributed by atoms with van der Waals surface area (Å²) in [5.41, 5.74) is 0.786. The normalized spacial score (nSPS) is 12.3. The molecule has 0 saturated heterocycles. The Balaban J connectivity index is 2.85. The van der Waals surface area contributed by atoms with E-state index in [1.165, 1.54) is 0 Å². The molecule has 0 aliphatic heterocycles. The molecule has 0 spiro atoms. The molecule has 3 N–H and O–H groups in total. The van der Waals surface area contributed by atoms with E-state index in [-0.39, 0.29) is 13.2 Å². The highest BCUT2D eigenvalue weighted by Crippen LogP contribution is 2.33. The lowest BCUT2D eigenvalue weighted by atomic mass is 10.2. The molecule has 0 bridgehead atoms. The molecule has 0 aromatic heterocycles. The zero-order chi connectivity index (χ0) is 12.1. The molecule has 0 saturated carbocycles. The van der Waals surface area contributed by atoms with Gasteiger partial charge in [-0.25, -0.2) is 0 Å². The maximum Gasteiger partial charge on any atom is 0.155 e. The van der Waals surface area contributed by atoms with Crippen molar-refractivity contribution in [3.63, 3.8) is 0 Å². The lowest BCUT2D eigenvalue weighted by molar-refractivity contribution is 0.105. The second-order valence-electron chi connectivity index (χ2n) is 3.19. The van der Waals surface area contributed by atoms with Gasteiger partial charge in [-0.3, -0.25) is 0 Å². The molecule has 6 heteroatoms. The fourth-order valence-corrected chi connectivity index (χ4v) is 2.92. The Bertz CT molecular complexity index is 362. The van der Waals surface area contributed by atoms with Crippen LogP contribution in [0.3, 0.4) is 0 Å². The summed E-state index contributed by atoms with van der Waals surface area (Å²) in [7, 11) is 1.60. The van der Waals surface area contributed by atoms with Crippen LogP contribution in [0.4, 0.5) is 5.69 Å². The maximum atomic E-state index is 9.25. The summed E-state index contributed by atoms with van der Waals surface area (Å²) in [4.78, 5) is 0. The number of nitrogens with one attached hydrogen (secondary N) is 1. The Kier molecular flexibility index (Phi) is 5.81. The zero-order valence-corrected chi connectivity index (χ0v) is 12.4. The van der Waals surface area contributed by atoms with Crippen molar-refractivity contribution in [2.24, 2.45) is 0 Å². The summed E-state index contributed by atoms with van der Waals surface area (Å²) in [6.45, 7) is 0.0137. The Morgan fingerprint density at radius 2 is 2.25 bits per heavy atom. The summed E-state index contributed by atoms with van der Waals surface area (Å²) < 4.78 is 7.16. The van der Waals surface area contributed by atoms with E-state index >= 15 is 0 Å². The first kappa shape index (κ1) is 14.0. The maximum absolute atomic E-state index is 9.25. The molecule has 4 nitrogen and oxygen atoms in total. The van der Waals surface area contributed by atoms with Crippen LogP contribution in [-0.2, 0) is 0 Å². The predicted octanol–water partition coefficient (Wildman–Crippen LogP) is 1.83. The summed E-state index contributed by atoms with van der Waals surface area (Å²) in [6.07, 6.45) is -0.777. The molecule has 0 amide bonds. The molecule has 0 heterocycles. The van der Waals surface area contributed by atoms with E-state index in [2.05, 4.69) is 43.8 Å². The molecular weight excluding hydrogens is 389 g/mol. The third kappa shape index (κ3) is 3.76. The van der Waals surface area contributed by atoms with Gasteiger partial charge in [0, 0.05) is 11.0 Å². The second-order valence-corrected chi connectivity index (χ2v) is 5.26. The molecule has 90 valence electrons. The van der Waals surface area contributed by atoms with Gasteiger partial charge in [-0.05, 0) is 34.7 Å². The van der Waals surface area contributed by atoms with Gasteiger partial charge in [0.2, 0.25) is 0 Å². The first-order valence-corrected chi connectivity index (χ1v) is 6.51. The molecule has 1 aromatic rings. The molecule has 1 aromatic carbocycles. The molecular formula is C10H13BrINO3. The van der Waals surface area contributed by atoms with Gasteiger partial charge in [0.1, 0.15) is 0 Å². The first-order chi connectivity index (χ1) is 7.58. The quantitative estimate of drug-likeness (QED) is 0.659. The Morgan fingerprint density at radius 3 is 2.81 bits per heavy atom. The highest BCUT2D eigenvalue weighted by Gasteiger charge is 2.10. The molecule has 1 unspecified atom stereocenters. The van der Waals surface area contributed by atoms with Crippen LogP contribution in [0.2, 0.25) is 0 Å². The van der Waals surface area contributed by atoms with E-state index in [1.807, 2.05) is 12.1 Å². The number of halogens is 2. The topological polar surface area (TPSA) is 61.7 Å². The van der Waals surface area contributed by atoms with Gasteiger partial charge in [0.25, 0.3) is 0 Å². The van der Waals surface area contributed by atoms with E-state index in [0.29, 0.717) is 0 Å². The van der Waals surface area contributed by atoms with Crippen LogP contribution in [0.5, 0.6) is 5.75 Å². The SMILES string of the molecule is COc1c(I)cc(Br)cc1NCC(O)CO. The predicted molar refractivity (Wildman–Crippen MR) is 75.0 cm³/mol. The number of hydrogen-bond donors (Lipinski definition) is 3. The molecule has 1 atom stereocenters. The minimum absolute atomic E-state index is 0.263. The second kappa shape index (κ2) is 6.63. The number of aliphatic hydroxyl groups is 2. The third-order valence-corrected chi connectivity index (χ3v) is 3.21. The molecule has 0 fully saturated rings.